The Kier molecular flexibility index (Phi) is 8.14. The zero-order valence-electron chi connectivity index (χ0n) is 21.8. The summed E-state index contributed by atoms with van der Waals surface area (Å²) >= 11 is 0. The molecular formula is C29H35N5O4. The molecule has 0 unspecified atom stereocenters. The number of aromatic nitrogens is 2. The van der Waals surface area contributed by atoms with E-state index in [1.54, 1.807) is 6.07 Å². The maximum atomic E-state index is 12.6. The van der Waals surface area contributed by atoms with E-state index in [0.717, 1.165) is 61.4 Å². The van der Waals surface area contributed by atoms with Gasteiger partial charge < -0.3 is 24.7 Å². The van der Waals surface area contributed by atoms with Crippen LogP contribution in [0.4, 0.5) is 5.69 Å². The quantitative estimate of drug-likeness (QED) is 0.425. The number of nitrogens with zero attached hydrogens (tertiary/aromatic N) is 3. The number of benzene rings is 1. The highest BCUT2D eigenvalue weighted by molar-refractivity contribution is 5.94. The molecule has 9 heteroatoms. The predicted octanol–water partition coefficient (Wildman–Crippen LogP) is 3.68. The van der Waals surface area contributed by atoms with Gasteiger partial charge in [-0.15, -0.1) is 0 Å². The van der Waals surface area contributed by atoms with Crippen molar-refractivity contribution in [3.8, 4) is 11.3 Å². The molecule has 2 aromatic heterocycles. The van der Waals surface area contributed by atoms with Gasteiger partial charge in [0.2, 0.25) is 5.91 Å². The first-order valence-corrected chi connectivity index (χ1v) is 13.5. The number of pyridine rings is 1. The van der Waals surface area contributed by atoms with Crippen molar-refractivity contribution in [2.75, 3.05) is 31.6 Å². The van der Waals surface area contributed by atoms with Crippen LogP contribution in [-0.4, -0.2) is 70.3 Å². The van der Waals surface area contributed by atoms with Crippen molar-refractivity contribution in [1.29, 1.82) is 0 Å². The van der Waals surface area contributed by atoms with E-state index in [1.165, 1.54) is 13.3 Å². The lowest BCUT2D eigenvalue weighted by molar-refractivity contribution is -0.124. The van der Waals surface area contributed by atoms with Crippen LogP contribution in [0.3, 0.4) is 0 Å². The Morgan fingerprint density at radius 2 is 1.87 bits per heavy atom. The molecule has 2 N–H and O–H groups in total. The molecule has 1 aromatic carbocycles. The van der Waals surface area contributed by atoms with Gasteiger partial charge in [0.05, 0.1) is 17.4 Å². The number of hydrogen-bond donors (Lipinski definition) is 2. The van der Waals surface area contributed by atoms with Crippen LogP contribution in [0.5, 0.6) is 0 Å². The monoisotopic (exact) mass is 517 g/mol. The topological polar surface area (TPSA) is 105 Å². The normalized spacial score (nSPS) is 16.8. The van der Waals surface area contributed by atoms with Crippen LogP contribution in [0.1, 0.15) is 55.8 Å². The number of anilines is 1. The molecule has 1 aliphatic carbocycles. The highest BCUT2D eigenvalue weighted by Gasteiger charge is 2.21. The molecule has 1 saturated carbocycles. The van der Waals surface area contributed by atoms with Crippen LogP contribution >= 0.6 is 0 Å². The van der Waals surface area contributed by atoms with Gasteiger partial charge in [-0.2, -0.15) is 0 Å². The number of carbonyl (C=O) groups excluding carboxylic acids is 3. The summed E-state index contributed by atoms with van der Waals surface area (Å²) in [6.45, 7) is 4.13. The highest BCUT2D eigenvalue weighted by Crippen LogP contribution is 2.24. The summed E-state index contributed by atoms with van der Waals surface area (Å²) in [6.07, 6.45) is 9.27. The van der Waals surface area contributed by atoms with E-state index < -0.39 is 0 Å². The van der Waals surface area contributed by atoms with Gasteiger partial charge in [0.1, 0.15) is 12.3 Å². The van der Waals surface area contributed by atoms with Gasteiger partial charge in [0, 0.05) is 55.7 Å². The van der Waals surface area contributed by atoms with Gasteiger partial charge in [-0.25, -0.2) is 4.98 Å². The molecule has 0 radical (unpaired) electrons. The number of carbonyl (C=O) groups is 3. The molecule has 0 bridgehead atoms. The second-order valence-corrected chi connectivity index (χ2v) is 10.3. The molecule has 9 nitrogen and oxygen atoms in total. The molecule has 3 heterocycles. The SMILES string of the molecule is CC(=O)COC1CCN(CCC(=O)Nc2cccc(-c3cn4cc(C(=O)NC5CCC5)ccc4n3)c2)CC1. The van der Waals surface area contributed by atoms with E-state index >= 15 is 0 Å². The van der Waals surface area contributed by atoms with E-state index in [2.05, 4.69) is 15.5 Å². The minimum absolute atomic E-state index is 0.0331. The minimum Gasteiger partial charge on any atom is -0.370 e. The number of rotatable bonds is 10. The Balaban J connectivity index is 1.14. The summed E-state index contributed by atoms with van der Waals surface area (Å²) in [7, 11) is 0. The molecule has 1 saturated heterocycles. The van der Waals surface area contributed by atoms with Gasteiger partial charge in [-0.05, 0) is 63.3 Å². The third kappa shape index (κ3) is 6.65. The van der Waals surface area contributed by atoms with E-state index in [0.29, 0.717) is 24.6 Å². The van der Waals surface area contributed by atoms with Gasteiger partial charge in [-0.3, -0.25) is 14.4 Å². The van der Waals surface area contributed by atoms with E-state index in [9.17, 15) is 14.4 Å². The van der Waals surface area contributed by atoms with Crippen molar-refractivity contribution in [2.45, 2.75) is 57.6 Å². The Morgan fingerprint density at radius 1 is 1.05 bits per heavy atom. The van der Waals surface area contributed by atoms with Crippen molar-refractivity contribution < 1.29 is 19.1 Å². The average Bonchev–Trinajstić information content (AvgIpc) is 3.32. The third-order valence-corrected chi connectivity index (χ3v) is 7.31. The van der Waals surface area contributed by atoms with Gasteiger partial charge >= 0.3 is 0 Å². The summed E-state index contributed by atoms with van der Waals surface area (Å²) in [6, 6.07) is 11.6. The van der Waals surface area contributed by atoms with Crippen LogP contribution in [-0.2, 0) is 14.3 Å². The fourth-order valence-corrected chi connectivity index (χ4v) is 4.86. The zero-order valence-corrected chi connectivity index (χ0v) is 21.8. The standard InChI is InChI=1S/C29H35N5O4/c1-20(35)19-38-25-10-13-33(14-11-25)15-12-28(36)30-24-7-2-4-21(16-24)26-18-34-17-22(8-9-27(34)32-26)29(37)31-23-5-3-6-23/h2,4,7-9,16-18,23,25H,3,5-6,10-15,19H2,1H3,(H,30,36)(H,31,37). The smallest absolute Gasteiger partial charge is 0.252 e. The third-order valence-electron chi connectivity index (χ3n) is 7.31. The number of likely N-dealkylation sites (tertiary alicyclic amines) is 1. The molecule has 2 aliphatic rings. The average molecular weight is 518 g/mol. The van der Waals surface area contributed by atoms with E-state index in [1.807, 2.05) is 47.1 Å². The summed E-state index contributed by atoms with van der Waals surface area (Å²) < 4.78 is 7.49. The van der Waals surface area contributed by atoms with Crippen molar-refractivity contribution in [1.82, 2.24) is 19.6 Å². The second-order valence-electron chi connectivity index (χ2n) is 10.3. The summed E-state index contributed by atoms with van der Waals surface area (Å²) in [5.41, 5.74) is 3.75. The second kappa shape index (κ2) is 11.9. The zero-order chi connectivity index (χ0) is 26.5. The molecule has 2 amide bonds. The Labute approximate surface area is 222 Å². The number of ether oxygens (including phenoxy) is 1. The van der Waals surface area contributed by atoms with Crippen LogP contribution in [0.15, 0.2) is 48.8 Å². The molecule has 2 fully saturated rings. The first kappa shape index (κ1) is 26.1. The number of hydrogen-bond acceptors (Lipinski definition) is 6. The number of amides is 2. The Morgan fingerprint density at radius 3 is 2.61 bits per heavy atom. The molecule has 3 aromatic rings. The molecular weight excluding hydrogens is 482 g/mol. The van der Waals surface area contributed by atoms with Crippen molar-refractivity contribution in [3.63, 3.8) is 0 Å². The largest absolute Gasteiger partial charge is 0.370 e. The summed E-state index contributed by atoms with van der Waals surface area (Å²) in [5, 5.41) is 6.08. The van der Waals surface area contributed by atoms with Crippen molar-refractivity contribution in [2.24, 2.45) is 0 Å². The number of nitrogens with one attached hydrogen (secondary N) is 2. The molecule has 5 rings (SSSR count). The summed E-state index contributed by atoms with van der Waals surface area (Å²) in [5.74, 6) is -0.0385. The predicted molar refractivity (Wildman–Crippen MR) is 145 cm³/mol. The molecule has 200 valence electrons. The number of Topliss-reactive ketones (excluding diaryl/α,β-unsaturated/α-hetero) is 1. The first-order valence-electron chi connectivity index (χ1n) is 13.5. The molecule has 1 aliphatic heterocycles. The van der Waals surface area contributed by atoms with Gasteiger partial charge in [-0.1, -0.05) is 12.1 Å². The van der Waals surface area contributed by atoms with Crippen molar-refractivity contribution >= 4 is 28.9 Å². The molecule has 38 heavy (non-hydrogen) atoms. The number of piperidine rings is 1. The molecule has 0 atom stereocenters. The number of fused-ring (bicyclic) bond motifs is 1. The van der Waals surface area contributed by atoms with Crippen LogP contribution in [0.25, 0.3) is 16.9 Å². The minimum atomic E-state index is -0.0535. The number of imidazole rings is 1. The van der Waals surface area contributed by atoms with Crippen LogP contribution in [0, 0.1) is 0 Å². The van der Waals surface area contributed by atoms with Gasteiger partial charge in [0.25, 0.3) is 5.91 Å². The summed E-state index contributed by atoms with van der Waals surface area (Å²) in [4.78, 5) is 43.2. The maximum absolute atomic E-state index is 12.6. The fraction of sp³-hybridized carbons (Fsp3) is 0.448. The van der Waals surface area contributed by atoms with Gasteiger partial charge in [0.15, 0.2) is 5.78 Å². The lowest BCUT2D eigenvalue weighted by Gasteiger charge is -2.31. The first-order chi connectivity index (χ1) is 18.4. The Bertz CT molecular complexity index is 1310. The molecule has 0 spiro atoms. The van der Waals surface area contributed by atoms with E-state index in [-0.39, 0.29) is 30.3 Å². The van der Waals surface area contributed by atoms with Crippen LogP contribution < -0.4 is 10.6 Å². The highest BCUT2D eigenvalue weighted by atomic mass is 16.5. The van der Waals surface area contributed by atoms with Crippen LogP contribution in [0.2, 0.25) is 0 Å². The lowest BCUT2D eigenvalue weighted by Crippen LogP contribution is -2.39. The Hall–Kier alpha value is -3.56. The van der Waals surface area contributed by atoms with Crippen molar-refractivity contribution in [3.05, 3.63) is 54.4 Å². The number of ketones is 1. The lowest BCUT2D eigenvalue weighted by atomic mass is 9.93. The maximum Gasteiger partial charge on any atom is 0.252 e. The van der Waals surface area contributed by atoms with E-state index in [4.69, 9.17) is 9.72 Å². The fourth-order valence-electron chi connectivity index (χ4n) is 4.86.